The number of benzene rings is 1. The van der Waals surface area contributed by atoms with Crippen LogP contribution < -0.4 is 10.5 Å². The van der Waals surface area contributed by atoms with E-state index >= 15 is 0 Å². The third-order valence-corrected chi connectivity index (χ3v) is 5.52. The summed E-state index contributed by atoms with van der Waals surface area (Å²) in [5.41, 5.74) is 6.70. The summed E-state index contributed by atoms with van der Waals surface area (Å²) in [6.45, 7) is 4.64. The van der Waals surface area contributed by atoms with Crippen molar-refractivity contribution in [3.05, 3.63) is 29.8 Å². The molecule has 0 aromatic heterocycles. The van der Waals surface area contributed by atoms with E-state index in [0.29, 0.717) is 17.4 Å². The Labute approximate surface area is 121 Å². The highest BCUT2D eigenvalue weighted by Gasteiger charge is 2.23. The molecule has 4 nitrogen and oxygen atoms in total. The summed E-state index contributed by atoms with van der Waals surface area (Å²) in [4.78, 5) is 0.313. The van der Waals surface area contributed by atoms with Crippen LogP contribution >= 0.6 is 0 Å². The van der Waals surface area contributed by atoms with E-state index in [2.05, 4.69) is 11.6 Å². The fourth-order valence-electron chi connectivity index (χ4n) is 2.77. The predicted octanol–water partition coefficient (Wildman–Crippen LogP) is 2.42. The number of sulfonamides is 1. The Morgan fingerprint density at radius 2 is 1.95 bits per heavy atom. The molecule has 5 heteroatoms. The highest BCUT2D eigenvalue weighted by molar-refractivity contribution is 7.89. The van der Waals surface area contributed by atoms with Crippen molar-refractivity contribution >= 4 is 10.0 Å². The van der Waals surface area contributed by atoms with Crippen molar-refractivity contribution < 1.29 is 8.42 Å². The van der Waals surface area contributed by atoms with Crippen LogP contribution in [0.2, 0.25) is 0 Å². The molecule has 1 aromatic rings. The lowest BCUT2D eigenvalue weighted by Crippen LogP contribution is -2.28. The van der Waals surface area contributed by atoms with Gasteiger partial charge in [0, 0.05) is 12.6 Å². The molecule has 112 valence electrons. The molecule has 1 aliphatic rings. The zero-order valence-corrected chi connectivity index (χ0v) is 13.0. The maximum absolute atomic E-state index is 12.2. The molecule has 0 radical (unpaired) electrons. The van der Waals surface area contributed by atoms with Crippen molar-refractivity contribution in [2.45, 2.75) is 44.0 Å². The first-order valence-corrected chi connectivity index (χ1v) is 8.72. The van der Waals surface area contributed by atoms with Crippen molar-refractivity contribution in [3.8, 4) is 0 Å². The van der Waals surface area contributed by atoms with Gasteiger partial charge in [0.2, 0.25) is 10.0 Å². The highest BCUT2D eigenvalue weighted by atomic mass is 32.2. The molecule has 0 amide bonds. The second kappa shape index (κ2) is 6.24. The minimum absolute atomic E-state index is 0.0836. The van der Waals surface area contributed by atoms with E-state index in [9.17, 15) is 8.42 Å². The van der Waals surface area contributed by atoms with Gasteiger partial charge in [0.1, 0.15) is 0 Å². The summed E-state index contributed by atoms with van der Waals surface area (Å²) in [6.07, 6.45) is 3.44. The van der Waals surface area contributed by atoms with Crippen LogP contribution in [0.25, 0.3) is 0 Å². The number of hydrogen-bond donors (Lipinski definition) is 2. The third-order valence-electron chi connectivity index (χ3n) is 4.08. The van der Waals surface area contributed by atoms with Crippen LogP contribution in [-0.2, 0) is 10.0 Å². The van der Waals surface area contributed by atoms with Crippen LogP contribution in [0.5, 0.6) is 0 Å². The first-order valence-electron chi connectivity index (χ1n) is 7.23. The molecule has 0 saturated heterocycles. The van der Waals surface area contributed by atoms with Gasteiger partial charge in [-0.05, 0) is 49.3 Å². The molecule has 1 saturated carbocycles. The topological polar surface area (TPSA) is 72.2 Å². The normalized spacial score (nSPS) is 24.8. The van der Waals surface area contributed by atoms with Gasteiger partial charge in [0.25, 0.3) is 0 Å². The summed E-state index contributed by atoms with van der Waals surface area (Å²) < 4.78 is 27.1. The molecule has 3 N–H and O–H groups in total. The maximum Gasteiger partial charge on any atom is 0.240 e. The Bertz CT molecular complexity index is 537. The zero-order valence-electron chi connectivity index (χ0n) is 12.2. The molecule has 2 rings (SSSR count). The lowest BCUT2D eigenvalue weighted by Gasteiger charge is -2.12. The second-order valence-electron chi connectivity index (χ2n) is 5.99. The van der Waals surface area contributed by atoms with Gasteiger partial charge in [-0.1, -0.05) is 25.5 Å². The molecule has 0 bridgehead atoms. The van der Waals surface area contributed by atoms with Gasteiger partial charge in [0.15, 0.2) is 0 Å². The molecular formula is C15H24N2O2S. The number of nitrogens with two attached hydrogens (primary N) is 1. The molecule has 1 aliphatic carbocycles. The molecule has 3 atom stereocenters. The van der Waals surface area contributed by atoms with E-state index in [1.165, 1.54) is 6.42 Å². The van der Waals surface area contributed by atoms with Crippen LogP contribution in [-0.4, -0.2) is 15.0 Å². The van der Waals surface area contributed by atoms with Gasteiger partial charge in [0.05, 0.1) is 4.90 Å². The fraction of sp³-hybridized carbons (Fsp3) is 0.600. The Balaban J connectivity index is 1.99. The Morgan fingerprint density at radius 3 is 2.45 bits per heavy atom. The van der Waals surface area contributed by atoms with Crippen LogP contribution in [0.3, 0.4) is 0 Å². The monoisotopic (exact) mass is 296 g/mol. The van der Waals surface area contributed by atoms with E-state index in [1.54, 1.807) is 24.3 Å². The largest absolute Gasteiger partial charge is 0.324 e. The van der Waals surface area contributed by atoms with Crippen molar-refractivity contribution in [2.24, 2.45) is 17.6 Å². The van der Waals surface area contributed by atoms with Gasteiger partial charge in [-0.15, -0.1) is 0 Å². The van der Waals surface area contributed by atoms with Crippen molar-refractivity contribution in [3.63, 3.8) is 0 Å². The second-order valence-corrected chi connectivity index (χ2v) is 7.76. The lowest BCUT2D eigenvalue weighted by atomic mass is 10.1. The van der Waals surface area contributed by atoms with Gasteiger partial charge in [-0.3, -0.25) is 0 Å². The van der Waals surface area contributed by atoms with E-state index in [4.69, 9.17) is 5.73 Å². The number of nitrogens with one attached hydrogen (secondary N) is 1. The molecule has 20 heavy (non-hydrogen) atoms. The minimum Gasteiger partial charge on any atom is -0.324 e. The van der Waals surface area contributed by atoms with Gasteiger partial charge >= 0.3 is 0 Å². The molecule has 0 aliphatic heterocycles. The Kier molecular flexibility index (Phi) is 4.83. The fourth-order valence-corrected chi connectivity index (χ4v) is 3.89. The van der Waals surface area contributed by atoms with Crippen LogP contribution in [0, 0.1) is 11.8 Å². The maximum atomic E-state index is 12.2. The summed E-state index contributed by atoms with van der Waals surface area (Å²) >= 11 is 0. The van der Waals surface area contributed by atoms with Gasteiger partial charge in [-0.2, -0.15) is 0 Å². The number of rotatable bonds is 5. The summed E-state index contributed by atoms with van der Waals surface area (Å²) in [5, 5.41) is 0. The Morgan fingerprint density at radius 1 is 1.30 bits per heavy atom. The van der Waals surface area contributed by atoms with Crippen LogP contribution in [0.4, 0.5) is 0 Å². The van der Waals surface area contributed by atoms with E-state index in [0.717, 1.165) is 24.3 Å². The molecule has 0 spiro atoms. The first-order chi connectivity index (χ1) is 9.38. The van der Waals surface area contributed by atoms with E-state index in [-0.39, 0.29) is 6.04 Å². The summed E-state index contributed by atoms with van der Waals surface area (Å²) in [7, 11) is -3.40. The first kappa shape index (κ1) is 15.5. The van der Waals surface area contributed by atoms with Crippen LogP contribution in [0.1, 0.15) is 44.7 Å². The van der Waals surface area contributed by atoms with Gasteiger partial charge < -0.3 is 5.73 Å². The van der Waals surface area contributed by atoms with Gasteiger partial charge in [-0.25, -0.2) is 13.1 Å². The number of hydrogen-bond acceptors (Lipinski definition) is 3. The highest BCUT2D eigenvalue weighted by Crippen LogP contribution is 2.29. The molecule has 1 fully saturated rings. The standard InChI is InChI=1S/C15H24N2O2S/c1-11-3-4-13(9-11)10-17-20(18,19)15-7-5-14(6-8-15)12(2)16/h5-8,11-13,17H,3-4,9-10,16H2,1-2H3. The average Bonchev–Trinajstić information content (AvgIpc) is 2.82. The Hall–Kier alpha value is -0.910. The van der Waals surface area contributed by atoms with E-state index in [1.807, 2.05) is 6.92 Å². The van der Waals surface area contributed by atoms with Crippen molar-refractivity contribution in [1.29, 1.82) is 0 Å². The predicted molar refractivity (Wildman–Crippen MR) is 80.7 cm³/mol. The van der Waals surface area contributed by atoms with Crippen LogP contribution in [0.15, 0.2) is 29.2 Å². The summed E-state index contributed by atoms with van der Waals surface area (Å²) in [6, 6.07) is 6.71. The molecule has 3 unspecified atom stereocenters. The quantitative estimate of drug-likeness (QED) is 0.876. The van der Waals surface area contributed by atoms with Crippen molar-refractivity contribution in [2.75, 3.05) is 6.54 Å². The lowest BCUT2D eigenvalue weighted by molar-refractivity contribution is 0.498. The zero-order chi connectivity index (χ0) is 14.8. The minimum atomic E-state index is -3.40. The summed E-state index contributed by atoms with van der Waals surface area (Å²) in [5.74, 6) is 1.19. The smallest absolute Gasteiger partial charge is 0.240 e. The molecule has 1 aromatic carbocycles. The van der Waals surface area contributed by atoms with Crippen molar-refractivity contribution in [1.82, 2.24) is 4.72 Å². The SMILES string of the molecule is CC1CCC(CNS(=O)(=O)c2ccc(C(C)N)cc2)C1. The molecular weight excluding hydrogens is 272 g/mol. The molecule has 0 heterocycles. The van der Waals surface area contributed by atoms with E-state index < -0.39 is 10.0 Å². The third kappa shape index (κ3) is 3.81. The average molecular weight is 296 g/mol.